The number of hydrogen-bond acceptors (Lipinski definition) is 5. The maximum absolute atomic E-state index is 10.4. The molecule has 0 aliphatic heterocycles. The fourth-order valence-corrected chi connectivity index (χ4v) is 3.45. The van der Waals surface area contributed by atoms with E-state index in [2.05, 4.69) is 47.6 Å². The number of aromatic carboxylic acids is 1. The molecule has 5 aromatic rings. The zero-order valence-electron chi connectivity index (χ0n) is 23.1. The average Bonchev–Trinajstić information content (AvgIpc) is 2.90. The number of hydrogen-bond donors (Lipinski definition) is 1. The van der Waals surface area contributed by atoms with E-state index < -0.39 is 5.97 Å². The normalized spacial score (nSPS) is 9.43. The Bertz CT molecular complexity index is 1360. The molecule has 5 aromatic heterocycles. The van der Waals surface area contributed by atoms with E-state index in [1.165, 1.54) is 22.3 Å². The number of carboxylic acids is 1. The summed E-state index contributed by atoms with van der Waals surface area (Å²) in [6.45, 7) is 8.23. The number of aryl methyl sites for hydroxylation is 5. The zero-order valence-corrected chi connectivity index (χ0v) is 26.4. The van der Waals surface area contributed by atoms with Crippen molar-refractivity contribution in [1.29, 1.82) is 0 Å². The van der Waals surface area contributed by atoms with Crippen molar-refractivity contribution in [1.82, 2.24) is 19.9 Å². The van der Waals surface area contributed by atoms with Crippen molar-refractivity contribution < 1.29 is 34.3 Å². The molecule has 9 heteroatoms. The van der Waals surface area contributed by atoms with Crippen LogP contribution >= 0.6 is 12.4 Å². The monoisotopic (exact) mass is 734 g/mol. The minimum atomic E-state index is -0.900. The van der Waals surface area contributed by atoms with E-state index in [1.807, 2.05) is 73.3 Å². The molecule has 0 spiro atoms. The Balaban J connectivity index is 0.000000297. The van der Waals surface area contributed by atoms with Gasteiger partial charge >= 0.3 is 5.97 Å². The van der Waals surface area contributed by atoms with Crippen LogP contribution in [0.15, 0.2) is 97.7 Å². The Kier molecular flexibility index (Phi) is 14.5. The summed E-state index contributed by atoms with van der Waals surface area (Å²) >= 11 is 0. The maximum atomic E-state index is 10.4. The van der Waals surface area contributed by atoms with Crippen molar-refractivity contribution in [3.63, 3.8) is 0 Å². The first-order chi connectivity index (χ1) is 18.2. The van der Waals surface area contributed by atoms with Gasteiger partial charge in [0.05, 0.1) is 22.8 Å². The molecule has 208 valence electrons. The van der Waals surface area contributed by atoms with Gasteiger partial charge in [-0.15, -0.1) is 12.4 Å². The van der Waals surface area contributed by atoms with Gasteiger partial charge in [-0.05, 0) is 105 Å². The Morgan fingerprint density at radius 1 is 0.625 bits per heavy atom. The second-order valence-corrected chi connectivity index (χ2v) is 8.88. The van der Waals surface area contributed by atoms with Gasteiger partial charge in [0.2, 0.25) is 0 Å². The number of pyridine rings is 5. The van der Waals surface area contributed by atoms with Crippen LogP contribution in [0.4, 0.5) is 0 Å². The maximum Gasteiger partial charge on any atom is 0.401 e. The minimum absolute atomic E-state index is 0. The third kappa shape index (κ3) is 10.7. The van der Waals surface area contributed by atoms with E-state index in [-0.39, 0.29) is 32.2 Å². The summed E-state index contributed by atoms with van der Waals surface area (Å²) in [4.78, 5) is 27.6. The molecule has 0 atom stereocenters. The second kappa shape index (κ2) is 17.0. The van der Waals surface area contributed by atoms with Gasteiger partial charge in [-0.25, -0.2) is 4.79 Å². The molecule has 0 unspecified atom stereocenters. The van der Waals surface area contributed by atoms with Crippen LogP contribution in [-0.2, 0) is 26.8 Å². The second-order valence-electron chi connectivity index (χ2n) is 8.88. The van der Waals surface area contributed by atoms with E-state index in [9.17, 15) is 4.79 Å². The molecule has 5 heterocycles. The Labute approximate surface area is 254 Å². The SMILES string of the molecule is C[n+]1ccccc1C(=O)O.Cc1ccnc(-c2cc(C)ccn2)c1.Cc1ccnc(-c2cc(C)ccn2)c1.Cl.[Os]. The molecular formula is C31H33ClN5O2Os+. The van der Waals surface area contributed by atoms with Crippen molar-refractivity contribution in [2.75, 3.05) is 0 Å². The number of aromatic nitrogens is 5. The van der Waals surface area contributed by atoms with Crippen LogP contribution in [0.3, 0.4) is 0 Å². The third-order valence-electron chi connectivity index (χ3n) is 5.46. The van der Waals surface area contributed by atoms with Gasteiger partial charge in [0.1, 0.15) is 7.05 Å². The van der Waals surface area contributed by atoms with Gasteiger partial charge in [0.25, 0.3) is 5.69 Å². The quantitative estimate of drug-likeness (QED) is 0.224. The molecule has 0 radical (unpaired) electrons. The molecule has 0 aromatic carbocycles. The van der Waals surface area contributed by atoms with Crippen LogP contribution in [0.2, 0.25) is 0 Å². The molecule has 0 aliphatic rings. The predicted molar refractivity (Wildman–Crippen MR) is 156 cm³/mol. The summed E-state index contributed by atoms with van der Waals surface area (Å²) in [6, 6.07) is 21.2. The van der Waals surface area contributed by atoms with Crippen LogP contribution < -0.4 is 4.57 Å². The summed E-state index contributed by atoms with van der Waals surface area (Å²) in [6.07, 6.45) is 8.95. The fraction of sp³-hybridized carbons (Fsp3) is 0.161. The zero-order chi connectivity index (χ0) is 27.5. The summed E-state index contributed by atoms with van der Waals surface area (Å²) < 4.78 is 1.56. The van der Waals surface area contributed by atoms with Crippen molar-refractivity contribution in [2.45, 2.75) is 27.7 Å². The van der Waals surface area contributed by atoms with Crippen molar-refractivity contribution >= 4 is 18.4 Å². The van der Waals surface area contributed by atoms with Crippen molar-refractivity contribution in [3.05, 3.63) is 126 Å². The molecule has 0 aliphatic carbocycles. The van der Waals surface area contributed by atoms with Crippen LogP contribution in [0.25, 0.3) is 22.8 Å². The summed E-state index contributed by atoms with van der Waals surface area (Å²) in [5.41, 5.74) is 8.88. The number of halogens is 1. The first-order valence-electron chi connectivity index (χ1n) is 12.1. The average molecular weight is 733 g/mol. The first-order valence-corrected chi connectivity index (χ1v) is 12.1. The Morgan fingerprint density at radius 3 is 1.18 bits per heavy atom. The number of rotatable bonds is 3. The Morgan fingerprint density at radius 2 is 0.950 bits per heavy atom. The smallest absolute Gasteiger partial charge is 0.401 e. The van der Waals surface area contributed by atoms with Gasteiger partial charge < -0.3 is 5.11 Å². The summed E-state index contributed by atoms with van der Waals surface area (Å²) in [5, 5.41) is 8.54. The molecule has 5 rings (SSSR count). The molecule has 40 heavy (non-hydrogen) atoms. The van der Waals surface area contributed by atoms with Gasteiger partial charge in [-0.2, -0.15) is 4.57 Å². The molecule has 0 saturated heterocycles. The standard InChI is InChI=1S/2C12H12N2.C7H7NO2.ClH.Os/c2*1-9-3-5-13-11(7-9)12-8-10(2)4-6-14-12;1-8-5-3-2-4-6(8)7(9)10;;/h2*3-8H,1-2H3;2-5H,1H3;1H;/p+1. The topological polar surface area (TPSA) is 92.7 Å². The largest absolute Gasteiger partial charge is 0.473 e. The summed E-state index contributed by atoms with van der Waals surface area (Å²) in [7, 11) is 1.70. The first kappa shape index (κ1) is 34.2. The van der Waals surface area contributed by atoms with E-state index >= 15 is 0 Å². The molecule has 0 saturated carbocycles. The molecule has 0 fully saturated rings. The third-order valence-corrected chi connectivity index (χ3v) is 5.46. The van der Waals surface area contributed by atoms with Gasteiger partial charge in [0, 0.05) is 56.7 Å². The van der Waals surface area contributed by atoms with Crippen LogP contribution in [0.1, 0.15) is 32.7 Å². The number of carboxylic acid groups (broad SMARTS) is 1. The molecule has 1 N–H and O–H groups in total. The molecule has 0 amide bonds. The minimum Gasteiger partial charge on any atom is -0.473 e. The van der Waals surface area contributed by atoms with Crippen molar-refractivity contribution in [2.24, 2.45) is 7.05 Å². The van der Waals surface area contributed by atoms with E-state index in [0.29, 0.717) is 5.69 Å². The van der Waals surface area contributed by atoms with Crippen LogP contribution in [-0.4, -0.2) is 31.0 Å². The molecule has 0 bridgehead atoms. The fourth-order valence-electron chi connectivity index (χ4n) is 3.45. The van der Waals surface area contributed by atoms with Gasteiger partial charge in [-0.1, -0.05) is 0 Å². The van der Waals surface area contributed by atoms with Gasteiger partial charge in [0.15, 0.2) is 6.20 Å². The van der Waals surface area contributed by atoms with Gasteiger partial charge in [-0.3, -0.25) is 19.9 Å². The summed E-state index contributed by atoms with van der Waals surface area (Å²) in [5.74, 6) is -0.900. The van der Waals surface area contributed by atoms with Crippen LogP contribution in [0, 0.1) is 27.7 Å². The van der Waals surface area contributed by atoms with Crippen LogP contribution in [0.5, 0.6) is 0 Å². The van der Waals surface area contributed by atoms with E-state index in [4.69, 9.17) is 5.11 Å². The van der Waals surface area contributed by atoms with E-state index in [0.717, 1.165) is 22.8 Å². The number of carbonyl (C=O) groups is 1. The van der Waals surface area contributed by atoms with E-state index in [1.54, 1.807) is 36.0 Å². The molecule has 7 nitrogen and oxygen atoms in total. The molecular weight excluding hydrogens is 700 g/mol. The number of nitrogens with zero attached hydrogens (tertiary/aromatic N) is 5. The predicted octanol–water partition coefficient (Wildman–Crippen LogP) is 6.15. The Hall–Kier alpha value is -3.85. The van der Waals surface area contributed by atoms with Crippen molar-refractivity contribution in [3.8, 4) is 22.8 Å².